The maximum atomic E-state index is 6.14. The largest absolute Gasteiger partial charge is 0.432 e. The molecule has 5 heteroatoms. The van der Waals surface area contributed by atoms with Crippen molar-refractivity contribution in [2.24, 2.45) is 0 Å². The number of oxazole rings is 1. The lowest BCUT2D eigenvalue weighted by molar-refractivity contribution is 0.272. The molecule has 4 nitrogen and oxygen atoms in total. The summed E-state index contributed by atoms with van der Waals surface area (Å²) >= 11 is 0. The first-order valence-corrected chi connectivity index (χ1v) is 10.5. The van der Waals surface area contributed by atoms with Crippen molar-refractivity contribution >= 4 is 14.3 Å². The lowest BCUT2D eigenvalue weighted by Gasteiger charge is -2.35. The molecule has 0 atom stereocenters. The first-order chi connectivity index (χ1) is 10.3. The monoisotopic (exact) mass is 318 g/mol. The summed E-state index contributed by atoms with van der Waals surface area (Å²) < 4.78 is 11.6. The van der Waals surface area contributed by atoms with E-state index in [1.165, 1.54) is 5.56 Å². The summed E-state index contributed by atoms with van der Waals surface area (Å²) in [5.74, 6) is 0. The zero-order valence-electron chi connectivity index (χ0n) is 14.1. The third-order valence-electron chi connectivity index (χ3n) is 4.23. The van der Waals surface area contributed by atoms with Crippen molar-refractivity contribution in [1.82, 2.24) is 4.98 Å². The number of benzene rings is 1. The van der Waals surface area contributed by atoms with E-state index in [2.05, 4.69) is 56.3 Å². The number of anilines is 1. The molecule has 0 spiro atoms. The van der Waals surface area contributed by atoms with Crippen LogP contribution in [-0.2, 0) is 17.6 Å². The van der Waals surface area contributed by atoms with Gasteiger partial charge in [0, 0.05) is 6.54 Å². The number of hydrogen-bond acceptors (Lipinski definition) is 4. The van der Waals surface area contributed by atoms with Crippen LogP contribution in [0.5, 0.6) is 0 Å². The maximum Gasteiger partial charge on any atom is 0.295 e. The summed E-state index contributed by atoms with van der Waals surface area (Å²) in [6.07, 6.45) is 1.67. The highest BCUT2D eigenvalue weighted by molar-refractivity contribution is 6.74. The Morgan fingerprint density at radius 2 is 1.86 bits per heavy atom. The average molecular weight is 318 g/mol. The second kappa shape index (κ2) is 6.67. The molecule has 0 aliphatic rings. The summed E-state index contributed by atoms with van der Waals surface area (Å²) in [5.41, 5.74) is 2.03. The topological polar surface area (TPSA) is 47.3 Å². The molecule has 0 aliphatic heterocycles. The Hall–Kier alpha value is -1.59. The molecule has 0 unspecified atom stereocenters. The maximum absolute atomic E-state index is 6.14. The van der Waals surface area contributed by atoms with E-state index in [0.29, 0.717) is 19.2 Å². The fourth-order valence-corrected chi connectivity index (χ4v) is 2.64. The van der Waals surface area contributed by atoms with Gasteiger partial charge in [0.1, 0.15) is 12.0 Å². The summed E-state index contributed by atoms with van der Waals surface area (Å²) in [4.78, 5) is 4.43. The molecule has 1 heterocycles. The van der Waals surface area contributed by atoms with E-state index in [4.69, 9.17) is 8.84 Å². The van der Waals surface area contributed by atoms with Crippen molar-refractivity contribution in [3.05, 3.63) is 47.9 Å². The Morgan fingerprint density at radius 1 is 1.18 bits per heavy atom. The minimum atomic E-state index is -1.75. The third kappa shape index (κ3) is 4.45. The van der Waals surface area contributed by atoms with Crippen LogP contribution in [0, 0.1) is 0 Å². The quantitative estimate of drug-likeness (QED) is 0.777. The highest BCUT2D eigenvalue weighted by Gasteiger charge is 2.37. The van der Waals surface area contributed by atoms with Crippen LogP contribution < -0.4 is 5.32 Å². The Balaban J connectivity index is 1.87. The number of rotatable bonds is 6. The minimum Gasteiger partial charge on any atom is -0.432 e. The van der Waals surface area contributed by atoms with Crippen molar-refractivity contribution in [2.45, 2.75) is 52.1 Å². The van der Waals surface area contributed by atoms with Gasteiger partial charge in [0.05, 0.1) is 6.61 Å². The first-order valence-electron chi connectivity index (χ1n) is 7.64. The smallest absolute Gasteiger partial charge is 0.295 e. The summed E-state index contributed by atoms with van der Waals surface area (Å²) in [7, 11) is -1.75. The van der Waals surface area contributed by atoms with Gasteiger partial charge in [-0.15, -0.1) is 0 Å². The predicted octanol–water partition coefficient (Wildman–Crippen LogP) is 4.81. The molecule has 120 valence electrons. The van der Waals surface area contributed by atoms with E-state index >= 15 is 0 Å². The van der Waals surface area contributed by atoms with Gasteiger partial charge < -0.3 is 14.2 Å². The van der Waals surface area contributed by atoms with Crippen molar-refractivity contribution in [3.8, 4) is 0 Å². The van der Waals surface area contributed by atoms with Gasteiger partial charge in [-0.25, -0.2) is 0 Å². The summed E-state index contributed by atoms with van der Waals surface area (Å²) in [6, 6.07) is 10.7. The molecular formula is C17H26N2O2Si. The fourth-order valence-electron chi connectivity index (χ4n) is 1.70. The Kier molecular flexibility index (Phi) is 5.08. The zero-order chi connectivity index (χ0) is 16.2. The van der Waals surface area contributed by atoms with Gasteiger partial charge in [0.15, 0.2) is 8.32 Å². The first kappa shape index (κ1) is 16.8. The molecule has 0 radical (unpaired) electrons. The van der Waals surface area contributed by atoms with Gasteiger partial charge in [-0.3, -0.25) is 0 Å². The predicted molar refractivity (Wildman–Crippen MR) is 92.3 cm³/mol. The van der Waals surface area contributed by atoms with Crippen LogP contribution in [0.15, 0.2) is 41.0 Å². The summed E-state index contributed by atoms with van der Waals surface area (Å²) in [5, 5.41) is 3.39. The Labute approximate surface area is 134 Å². The van der Waals surface area contributed by atoms with Crippen LogP contribution >= 0.6 is 0 Å². The molecule has 1 N–H and O–H groups in total. The number of nitrogens with one attached hydrogen (secondary N) is 1. The zero-order valence-corrected chi connectivity index (χ0v) is 15.1. The van der Waals surface area contributed by atoms with Crippen molar-refractivity contribution in [3.63, 3.8) is 0 Å². The number of aromatic nitrogens is 1. The van der Waals surface area contributed by atoms with Gasteiger partial charge in [0.25, 0.3) is 6.01 Å². The van der Waals surface area contributed by atoms with Gasteiger partial charge in [-0.2, -0.15) is 4.98 Å². The molecule has 0 saturated carbocycles. The Bertz CT molecular complexity index is 588. The molecule has 0 bridgehead atoms. The van der Waals surface area contributed by atoms with E-state index in [-0.39, 0.29) is 5.04 Å². The minimum absolute atomic E-state index is 0.200. The van der Waals surface area contributed by atoms with Crippen LogP contribution in [0.4, 0.5) is 6.01 Å². The highest BCUT2D eigenvalue weighted by Crippen LogP contribution is 2.37. The van der Waals surface area contributed by atoms with Crippen LogP contribution in [0.25, 0.3) is 0 Å². The van der Waals surface area contributed by atoms with E-state index in [0.717, 1.165) is 5.69 Å². The average Bonchev–Trinajstić information content (AvgIpc) is 2.91. The molecule has 0 saturated heterocycles. The Morgan fingerprint density at radius 3 is 2.50 bits per heavy atom. The van der Waals surface area contributed by atoms with Gasteiger partial charge in [-0.1, -0.05) is 51.1 Å². The van der Waals surface area contributed by atoms with Crippen LogP contribution in [0.2, 0.25) is 18.1 Å². The normalized spacial score (nSPS) is 12.4. The second-order valence-corrected chi connectivity index (χ2v) is 11.8. The molecule has 2 rings (SSSR count). The molecular weight excluding hydrogens is 292 g/mol. The molecule has 2 aromatic rings. The number of nitrogens with zero attached hydrogens (tertiary/aromatic N) is 1. The van der Waals surface area contributed by atoms with Crippen LogP contribution in [0.3, 0.4) is 0 Å². The van der Waals surface area contributed by atoms with Crippen LogP contribution in [-0.4, -0.2) is 13.3 Å². The SMILES string of the molecule is CC(C)(C)[Si](C)(C)OCc1coc(NCc2ccccc2)n1. The van der Waals surface area contributed by atoms with E-state index in [1.807, 2.05) is 18.2 Å². The van der Waals surface area contributed by atoms with Crippen molar-refractivity contribution in [2.75, 3.05) is 5.32 Å². The third-order valence-corrected chi connectivity index (χ3v) is 8.70. The van der Waals surface area contributed by atoms with E-state index in [9.17, 15) is 0 Å². The second-order valence-electron chi connectivity index (χ2n) is 7.03. The van der Waals surface area contributed by atoms with Crippen LogP contribution in [0.1, 0.15) is 32.0 Å². The van der Waals surface area contributed by atoms with Crippen molar-refractivity contribution < 1.29 is 8.84 Å². The molecule has 1 aromatic heterocycles. The lowest BCUT2D eigenvalue weighted by Crippen LogP contribution is -2.40. The number of hydrogen-bond donors (Lipinski definition) is 1. The molecule has 1 aromatic carbocycles. The molecule has 0 aliphatic carbocycles. The molecule has 0 amide bonds. The van der Waals surface area contributed by atoms with E-state index < -0.39 is 8.32 Å². The van der Waals surface area contributed by atoms with Gasteiger partial charge >= 0.3 is 0 Å². The van der Waals surface area contributed by atoms with Gasteiger partial charge in [-0.05, 0) is 23.7 Å². The van der Waals surface area contributed by atoms with Crippen molar-refractivity contribution in [1.29, 1.82) is 0 Å². The van der Waals surface area contributed by atoms with E-state index in [1.54, 1.807) is 6.26 Å². The summed E-state index contributed by atoms with van der Waals surface area (Å²) in [6.45, 7) is 12.4. The lowest BCUT2D eigenvalue weighted by atomic mass is 10.2. The van der Waals surface area contributed by atoms with Gasteiger partial charge in [0.2, 0.25) is 0 Å². The highest BCUT2D eigenvalue weighted by atomic mass is 28.4. The fraction of sp³-hybridized carbons (Fsp3) is 0.471. The molecule has 22 heavy (non-hydrogen) atoms. The standard InChI is InChI=1S/C17H26N2O2Si/c1-17(2,3)22(4,5)21-13-15-12-20-16(19-15)18-11-14-9-7-6-8-10-14/h6-10,12H,11,13H2,1-5H3,(H,18,19). The molecule has 0 fully saturated rings.